The molecule has 132 valence electrons. The van der Waals surface area contributed by atoms with E-state index in [1.165, 1.54) is 18.4 Å². The van der Waals surface area contributed by atoms with E-state index in [1.54, 1.807) is 36.4 Å². The van der Waals surface area contributed by atoms with Crippen molar-refractivity contribution in [3.63, 3.8) is 0 Å². The number of allylic oxidation sites excluding steroid dienone is 1. The number of piperidine rings is 3. The van der Waals surface area contributed by atoms with Crippen LogP contribution in [0.25, 0.3) is 0 Å². The maximum atomic E-state index is 12.6. The molecule has 0 atom stereocenters. The molecule has 0 N–H and O–H groups in total. The van der Waals surface area contributed by atoms with Crippen molar-refractivity contribution in [1.82, 2.24) is 4.90 Å². The van der Waals surface area contributed by atoms with E-state index >= 15 is 0 Å². The highest BCUT2D eigenvalue weighted by Gasteiger charge is 2.29. The van der Waals surface area contributed by atoms with Gasteiger partial charge in [0.05, 0.1) is 0 Å². The van der Waals surface area contributed by atoms with Crippen molar-refractivity contribution in [1.29, 1.82) is 0 Å². The molecule has 26 heavy (non-hydrogen) atoms. The minimum absolute atomic E-state index is 0.0350. The van der Waals surface area contributed by atoms with Crippen LogP contribution in [0.1, 0.15) is 39.1 Å². The Bertz CT molecular complexity index is 860. The quantitative estimate of drug-likeness (QED) is 0.550. The van der Waals surface area contributed by atoms with E-state index in [0.717, 1.165) is 24.1 Å². The summed E-state index contributed by atoms with van der Waals surface area (Å²) in [5.74, 6) is 0.575. The molecule has 2 bridgehead atoms. The summed E-state index contributed by atoms with van der Waals surface area (Å²) in [4.78, 5) is 27.5. The van der Waals surface area contributed by atoms with Gasteiger partial charge in [-0.2, -0.15) is 0 Å². The molecule has 0 spiro atoms. The average Bonchev–Trinajstić information content (AvgIpc) is 2.69. The summed E-state index contributed by atoms with van der Waals surface area (Å²) in [5.41, 5.74) is 3.14. The third-order valence-electron chi connectivity index (χ3n) is 5.37. The zero-order chi connectivity index (χ0) is 18.1. The first-order chi connectivity index (χ1) is 12.6. The highest BCUT2D eigenvalue weighted by Crippen LogP contribution is 2.31. The third kappa shape index (κ3) is 3.57. The van der Waals surface area contributed by atoms with E-state index in [-0.39, 0.29) is 11.6 Å². The fraction of sp³-hybridized carbons (Fsp3) is 0.273. The molecule has 0 radical (unpaired) electrons. The molecule has 0 saturated carbocycles. The van der Waals surface area contributed by atoms with E-state index in [0.29, 0.717) is 22.6 Å². The number of hydrogen-bond acceptors (Lipinski definition) is 3. The molecule has 0 aliphatic carbocycles. The van der Waals surface area contributed by atoms with Gasteiger partial charge in [-0.1, -0.05) is 40.2 Å². The topological polar surface area (TPSA) is 37.4 Å². The molecule has 3 aliphatic heterocycles. The monoisotopic (exact) mass is 409 g/mol. The molecule has 2 aromatic rings. The summed E-state index contributed by atoms with van der Waals surface area (Å²) in [6.45, 7) is 3.24. The first-order valence-corrected chi connectivity index (χ1v) is 9.77. The fourth-order valence-electron chi connectivity index (χ4n) is 3.82. The van der Waals surface area contributed by atoms with Crippen molar-refractivity contribution < 1.29 is 9.59 Å². The minimum atomic E-state index is -0.0350. The number of hydrogen-bond donors (Lipinski definition) is 0. The Morgan fingerprint density at radius 2 is 1.42 bits per heavy atom. The first-order valence-electron chi connectivity index (χ1n) is 8.97. The molecule has 3 heterocycles. The van der Waals surface area contributed by atoms with Crippen molar-refractivity contribution in [2.24, 2.45) is 5.92 Å². The molecule has 0 unspecified atom stereocenters. The van der Waals surface area contributed by atoms with Crippen LogP contribution in [0.15, 0.2) is 64.7 Å². The van der Waals surface area contributed by atoms with Crippen molar-refractivity contribution in [2.45, 2.75) is 12.8 Å². The van der Waals surface area contributed by atoms with E-state index < -0.39 is 0 Å². The number of carbonyl (C=O) groups is 2. The molecule has 5 rings (SSSR count). The second-order valence-corrected chi connectivity index (χ2v) is 7.96. The van der Waals surface area contributed by atoms with Crippen molar-refractivity contribution in [2.75, 3.05) is 19.6 Å². The molecule has 3 fully saturated rings. The summed E-state index contributed by atoms with van der Waals surface area (Å²) in [5, 5.41) is 0. The molecule has 3 saturated heterocycles. The number of halogens is 1. The molecule has 0 aromatic heterocycles. The van der Waals surface area contributed by atoms with Crippen LogP contribution in [-0.4, -0.2) is 36.1 Å². The summed E-state index contributed by atoms with van der Waals surface area (Å²) in [6, 6.07) is 14.3. The number of benzene rings is 2. The molecule has 4 heteroatoms. The maximum Gasteiger partial charge on any atom is 0.193 e. The van der Waals surface area contributed by atoms with E-state index in [1.807, 2.05) is 18.2 Å². The first kappa shape index (κ1) is 17.4. The number of ketones is 2. The zero-order valence-corrected chi connectivity index (χ0v) is 16.0. The number of nitrogens with zero attached hydrogens (tertiary/aromatic N) is 1. The van der Waals surface area contributed by atoms with Gasteiger partial charge in [0.2, 0.25) is 0 Å². The van der Waals surface area contributed by atoms with Gasteiger partial charge in [-0.25, -0.2) is 0 Å². The van der Waals surface area contributed by atoms with Crippen molar-refractivity contribution >= 4 is 27.5 Å². The van der Waals surface area contributed by atoms with Gasteiger partial charge < -0.3 is 0 Å². The van der Waals surface area contributed by atoms with Crippen molar-refractivity contribution in [3.8, 4) is 0 Å². The molecule has 3 aliphatic rings. The van der Waals surface area contributed by atoms with Crippen LogP contribution in [0, 0.1) is 5.92 Å². The molecule has 3 nitrogen and oxygen atoms in total. The molecule has 0 amide bonds. The van der Waals surface area contributed by atoms with Crippen LogP contribution in [0.5, 0.6) is 0 Å². The lowest BCUT2D eigenvalue weighted by Crippen LogP contribution is -2.43. The van der Waals surface area contributed by atoms with E-state index in [2.05, 4.69) is 20.8 Å². The third-order valence-corrected chi connectivity index (χ3v) is 5.90. The Labute approximate surface area is 161 Å². The molecule has 2 aromatic carbocycles. The number of fused-ring (bicyclic) bond motifs is 3. The van der Waals surface area contributed by atoms with Crippen LogP contribution in [0.2, 0.25) is 0 Å². The standard InChI is InChI=1S/C22H20BrNO2/c23-20-7-5-18(6-8-20)22(26)17-3-1-16(2-4-17)21(25)13-19-14-24-11-9-15(19)10-12-24/h1-8,13,15H,9-12,14H2/b19-13+. The van der Waals surface area contributed by atoms with Gasteiger partial charge in [0.25, 0.3) is 0 Å². The smallest absolute Gasteiger partial charge is 0.193 e. The van der Waals surface area contributed by atoms with Crippen LogP contribution in [0.3, 0.4) is 0 Å². The van der Waals surface area contributed by atoms with E-state index in [4.69, 9.17) is 0 Å². The van der Waals surface area contributed by atoms with Crippen LogP contribution in [0.4, 0.5) is 0 Å². The lowest BCUT2D eigenvalue weighted by atomic mass is 9.83. The summed E-state index contributed by atoms with van der Waals surface area (Å²) in [7, 11) is 0. The maximum absolute atomic E-state index is 12.6. The number of rotatable bonds is 4. The lowest BCUT2D eigenvalue weighted by molar-refractivity contribution is 0.102. The Morgan fingerprint density at radius 3 is 1.96 bits per heavy atom. The Balaban J connectivity index is 1.49. The highest BCUT2D eigenvalue weighted by atomic mass is 79.9. The Morgan fingerprint density at radius 1 is 0.885 bits per heavy atom. The zero-order valence-electron chi connectivity index (χ0n) is 14.5. The van der Waals surface area contributed by atoms with Crippen LogP contribution < -0.4 is 0 Å². The van der Waals surface area contributed by atoms with Gasteiger partial charge in [-0.3, -0.25) is 14.5 Å². The Kier molecular flexibility index (Phi) is 4.88. The predicted octanol–water partition coefficient (Wildman–Crippen LogP) is 4.51. The van der Waals surface area contributed by atoms with Gasteiger partial charge >= 0.3 is 0 Å². The minimum Gasteiger partial charge on any atom is -0.299 e. The number of carbonyl (C=O) groups excluding carboxylic acids is 2. The van der Waals surface area contributed by atoms with Crippen molar-refractivity contribution in [3.05, 3.63) is 81.3 Å². The van der Waals surface area contributed by atoms with Gasteiger partial charge in [0.15, 0.2) is 11.6 Å². The SMILES string of the molecule is O=C(/C=C1\CN2CCC1CC2)c1ccc(C(=O)c2ccc(Br)cc2)cc1. The summed E-state index contributed by atoms with van der Waals surface area (Å²) < 4.78 is 0.941. The van der Waals surface area contributed by atoms with Gasteiger partial charge in [0.1, 0.15) is 0 Å². The molecular formula is C22H20BrNO2. The van der Waals surface area contributed by atoms with Gasteiger partial charge in [-0.05, 0) is 67.8 Å². The van der Waals surface area contributed by atoms with E-state index in [9.17, 15) is 9.59 Å². The molecular weight excluding hydrogens is 390 g/mol. The highest BCUT2D eigenvalue weighted by molar-refractivity contribution is 9.10. The van der Waals surface area contributed by atoms with Gasteiger partial charge in [0, 0.05) is 27.7 Å². The van der Waals surface area contributed by atoms with Crippen LogP contribution in [-0.2, 0) is 0 Å². The fourth-order valence-corrected chi connectivity index (χ4v) is 4.08. The largest absolute Gasteiger partial charge is 0.299 e. The van der Waals surface area contributed by atoms with Crippen LogP contribution >= 0.6 is 15.9 Å². The second-order valence-electron chi connectivity index (χ2n) is 7.05. The lowest BCUT2D eigenvalue weighted by Gasteiger charge is -2.40. The summed E-state index contributed by atoms with van der Waals surface area (Å²) in [6.07, 6.45) is 4.15. The second kappa shape index (κ2) is 7.29. The predicted molar refractivity (Wildman–Crippen MR) is 106 cm³/mol. The average molecular weight is 410 g/mol. The summed E-state index contributed by atoms with van der Waals surface area (Å²) >= 11 is 3.37. The van der Waals surface area contributed by atoms with Gasteiger partial charge in [-0.15, -0.1) is 0 Å². The Hall–Kier alpha value is -2.04. The normalized spacial score (nSPS) is 23.2.